The number of hydrogen-bond donors (Lipinski definition) is 1. The predicted octanol–water partition coefficient (Wildman–Crippen LogP) is 5.77. The van der Waals surface area contributed by atoms with Gasteiger partial charge in [-0.05, 0) is 66.7 Å². The van der Waals surface area contributed by atoms with Gasteiger partial charge in [0.05, 0.1) is 7.11 Å². The van der Waals surface area contributed by atoms with Gasteiger partial charge in [0.1, 0.15) is 11.6 Å². The van der Waals surface area contributed by atoms with Crippen molar-refractivity contribution in [1.82, 2.24) is 5.32 Å². The van der Waals surface area contributed by atoms with Crippen molar-refractivity contribution in [1.29, 1.82) is 0 Å². The van der Waals surface area contributed by atoms with Crippen LogP contribution in [0.25, 0.3) is 0 Å². The van der Waals surface area contributed by atoms with E-state index < -0.39 is 0 Å². The topological polar surface area (TPSA) is 21.3 Å². The molecule has 0 amide bonds. The van der Waals surface area contributed by atoms with E-state index in [1.807, 2.05) is 24.3 Å². The van der Waals surface area contributed by atoms with Gasteiger partial charge in [0.2, 0.25) is 0 Å². The summed E-state index contributed by atoms with van der Waals surface area (Å²) in [5.41, 5.74) is 2.34. The molecule has 0 radical (unpaired) electrons. The van der Waals surface area contributed by atoms with Crippen molar-refractivity contribution in [3.05, 3.63) is 87.9 Å². The predicted molar refractivity (Wildman–Crippen MR) is 107 cm³/mol. The zero-order valence-electron chi connectivity index (χ0n) is 15.1. The number of ether oxygens (including phenoxy) is 1. The summed E-state index contributed by atoms with van der Waals surface area (Å²) in [4.78, 5) is 1.34. The highest BCUT2D eigenvalue weighted by molar-refractivity contribution is 7.10. The van der Waals surface area contributed by atoms with Crippen LogP contribution in [0, 0.1) is 5.82 Å². The minimum Gasteiger partial charge on any atom is -0.497 e. The molecule has 0 bridgehead atoms. The van der Waals surface area contributed by atoms with Crippen LogP contribution in [-0.2, 0) is 0 Å². The second-order valence-corrected chi connectivity index (χ2v) is 7.34. The first-order valence-electron chi connectivity index (χ1n) is 8.83. The van der Waals surface area contributed by atoms with Crippen molar-refractivity contribution in [3.8, 4) is 5.75 Å². The highest BCUT2D eigenvalue weighted by Crippen LogP contribution is 2.29. The van der Waals surface area contributed by atoms with E-state index in [4.69, 9.17) is 4.74 Å². The molecule has 4 heteroatoms. The Hall–Kier alpha value is -2.17. The lowest BCUT2D eigenvalue weighted by Crippen LogP contribution is -2.21. The van der Waals surface area contributed by atoms with E-state index in [1.54, 1.807) is 18.4 Å². The average Bonchev–Trinajstić information content (AvgIpc) is 3.21. The zero-order valence-corrected chi connectivity index (χ0v) is 15.9. The molecular weight excluding hydrogens is 345 g/mol. The van der Waals surface area contributed by atoms with Crippen LogP contribution in [0.5, 0.6) is 5.75 Å². The molecule has 0 aliphatic heterocycles. The van der Waals surface area contributed by atoms with Crippen molar-refractivity contribution in [2.24, 2.45) is 0 Å². The van der Waals surface area contributed by atoms with Crippen LogP contribution < -0.4 is 10.1 Å². The third-order valence-corrected chi connectivity index (χ3v) is 5.70. The number of halogens is 1. The van der Waals surface area contributed by atoms with Gasteiger partial charge in [0.25, 0.3) is 0 Å². The van der Waals surface area contributed by atoms with E-state index in [9.17, 15) is 4.39 Å². The van der Waals surface area contributed by atoms with Crippen LogP contribution in [0.4, 0.5) is 4.39 Å². The van der Waals surface area contributed by atoms with Crippen LogP contribution in [0.3, 0.4) is 0 Å². The molecule has 1 N–H and O–H groups in total. The van der Waals surface area contributed by atoms with Crippen LogP contribution in [0.2, 0.25) is 0 Å². The molecule has 2 nitrogen and oxygen atoms in total. The number of thiophene rings is 1. The molecule has 0 saturated heterocycles. The Morgan fingerprint density at radius 3 is 2.23 bits per heavy atom. The number of nitrogens with one attached hydrogen (secondary N) is 1. The third-order valence-electron chi connectivity index (χ3n) is 4.64. The summed E-state index contributed by atoms with van der Waals surface area (Å²) in [6, 6.07) is 19.5. The molecule has 0 aliphatic rings. The summed E-state index contributed by atoms with van der Waals surface area (Å²) in [6.45, 7) is 3.07. The number of rotatable bonds is 8. The monoisotopic (exact) mass is 369 g/mol. The van der Waals surface area contributed by atoms with Crippen LogP contribution in [0.15, 0.2) is 66.0 Å². The minimum atomic E-state index is -0.202. The molecule has 0 saturated carbocycles. The lowest BCUT2D eigenvalue weighted by Gasteiger charge is -2.20. The molecule has 0 spiro atoms. The van der Waals surface area contributed by atoms with E-state index in [1.165, 1.54) is 22.6 Å². The largest absolute Gasteiger partial charge is 0.497 e. The SMILES string of the molecule is COc1ccc([C@H](CCN[C@@H](C)c2cccs2)c2ccc(F)cc2)cc1. The molecule has 136 valence electrons. The van der Waals surface area contributed by atoms with E-state index >= 15 is 0 Å². The molecule has 2 aromatic carbocycles. The lowest BCUT2D eigenvalue weighted by atomic mass is 9.88. The molecule has 2 atom stereocenters. The molecule has 0 unspecified atom stereocenters. The van der Waals surface area contributed by atoms with Crippen molar-refractivity contribution in [3.63, 3.8) is 0 Å². The van der Waals surface area contributed by atoms with Crippen molar-refractivity contribution >= 4 is 11.3 Å². The van der Waals surface area contributed by atoms with Crippen molar-refractivity contribution < 1.29 is 9.13 Å². The Morgan fingerprint density at radius 2 is 1.65 bits per heavy atom. The van der Waals surface area contributed by atoms with Gasteiger partial charge in [0.15, 0.2) is 0 Å². The Balaban J connectivity index is 1.73. The Labute approximate surface area is 158 Å². The Kier molecular flexibility index (Phi) is 6.42. The molecule has 1 heterocycles. The van der Waals surface area contributed by atoms with E-state index in [-0.39, 0.29) is 11.7 Å². The third kappa shape index (κ3) is 4.71. The standard InChI is InChI=1S/C22H24FNOS/c1-16(22-4-3-15-26-22)24-14-13-21(17-5-9-19(23)10-6-17)18-7-11-20(25-2)12-8-18/h3-12,15-16,21,24H,13-14H2,1-2H3/t16-,21+/m0/s1. The second kappa shape index (κ2) is 8.97. The van der Waals surface area contributed by atoms with Crippen LogP contribution >= 0.6 is 11.3 Å². The van der Waals surface area contributed by atoms with E-state index in [0.29, 0.717) is 6.04 Å². The maximum Gasteiger partial charge on any atom is 0.123 e. The van der Waals surface area contributed by atoms with Gasteiger partial charge in [-0.2, -0.15) is 0 Å². The molecule has 1 aromatic heterocycles. The maximum absolute atomic E-state index is 13.3. The van der Waals surface area contributed by atoms with Gasteiger partial charge >= 0.3 is 0 Å². The number of benzene rings is 2. The summed E-state index contributed by atoms with van der Waals surface area (Å²) < 4.78 is 18.6. The minimum absolute atomic E-state index is 0.202. The second-order valence-electron chi connectivity index (χ2n) is 6.36. The van der Waals surface area contributed by atoms with Gasteiger partial charge in [-0.15, -0.1) is 11.3 Å². The smallest absolute Gasteiger partial charge is 0.123 e. The summed E-state index contributed by atoms with van der Waals surface area (Å²) in [7, 11) is 1.67. The summed E-state index contributed by atoms with van der Waals surface area (Å²) in [6.07, 6.45) is 0.938. The van der Waals surface area contributed by atoms with Gasteiger partial charge in [-0.1, -0.05) is 30.3 Å². The Morgan fingerprint density at radius 1 is 1.00 bits per heavy atom. The average molecular weight is 370 g/mol. The summed E-state index contributed by atoms with van der Waals surface area (Å²) in [5, 5.41) is 5.70. The molecule has 0 fully saturated rings. The van der Waals surface area contributed by atoms with Crippen LogP contribution in [0.1, 0.15) is 41.3 Å². The zero-order chi connectivity index (χ0) is 18.4. The molecule has 3 aromatic rings. The number of hydrogen-bond acceptors (Lipinski definition) is 3. The van der Waals surface area contributed by atoms with Crippen molar-refractivity contribution in [2.75, 3.05) is 13.7 Å². The lowest BCUT2D eigenvalue weighted by molar-refractivity contribution is 0.414. The van der Waals surface area contributed by atoms with Crippen molar-refractivity contribution in [2.45, 2.75) is 25.3 Å². The normalized spacial score (nSPS) is 13.3. The van der Waals surface area contributed by atoms with Crippen LogP contribution in [-0.4, -0.2) is 13.7 Å². The van der Waals surface area contributed by atoms with Gasteiger partial charge in [-0.3, -0.25) is 0 Å². The van der Waals surface area contributed by atoms with E-state index in [2.05, 4.69) is 41.9 Å². The Bertz CT molecular complexity index is 784. The highest BCUT2D eigenvalue weighted by Gasteiger charge is 2.15. The molecule has 26 heavy (non-hydrogen) atoms. The summed E-state index contributed by atoms with van der Waals surface area (Å²) >= 11 is 1.77. The van der Waals surface area contributed by atoms with Gasteiger partial charge in [0, 0.05) is 16.8 Å². The van der Waals surface area contributed by atoms with E-state index in [0.717, 1.165) is 24.3 Å². The fraction of sp³-hybridized carbons (Fsp3) is 0.273. The molecule has 0 aliphatic carbocycles. The first kappa shape index (κ1) is 18.6. The first-order chi connectivity index (χ1) is 12.7. The quantitative estimate of drug-likeness (QED) is 0.544. The fourth-order valence-electron chi connectivity index (χ4n) is 3.14. The van der Waals surface area contributed by atoms with Gasteiger partial charge < -0.3 is 10.1 Å². The highest BCUT2D eigenvalue weighted by atomic mass is 32.1. The number of methoxy groups -OCH3 is 1. The molecular formula is C22H24FNOS. The maximum atomic E-state index is 13.3. The summed E-state index contributed by atoms with van der Waals surface area (Å²) in [5.74, 6) is 0.854. The molecule has 3 rings (SSSR count). The fourth-order valence-corrected chi connectivity index (χ4v) is 3.90. The van der Waals surface area contributed by atoms with Gasteiger partial charge in [-0.25, -0.2) is 4.39 Å². The first-order valence-corrected chi connectivity index (χ1v) is 9.71.